The third-order valence-corrected chi connectivity index (χ3v) is 4.02. The van der Waals surface area contributed by atoms with Crippen molar-refractivity contribution in [2.45, 2.75) is 38.9 Å². The molecule has 0 saturated carbocycles. The van der Waals surface area contributed by atoms with Crippen molar-refractivity contribution in [1.82, 2.24) is 0 Å². The van der Waals surface area contributed by atoms with E-state index in [0.29, 0.717) is 0 Å². The predicted molar refractivity (Wildman–Crippen MR) is 96.7 cm³/mol. The van der Waals surface area contributed by atoms with Crippen molar-refractivity contribution in [3.63, 3.8) is 0 Å². The Bertz CT molecular complexity index is 794. The molecule has 2 aromatic carbocycles. The number of nitrogens with one attached hydrogen (secondary N) is 1. The molecule has 7 heteroatoms. The van der Waals surface area contributed by atoms with E-state index in [9.17, 15) is 18.4 Å². The summed E-state index contributed by atoms with van der Waals surface area (Å²) < 4.78 is 34.6. The first-order valence-electron chi connectivity index (χ1n) is 8.33. The van der Waals surface area contributed by atoms with Gasteiger partial charge in [0.2, 0.25) is 0 Å². The molecule has 5 nitrogen and oxygen atoms in total. The number of para-hydroxylation sites is 2. The first-order valence-corrected chi connectivity index (χ1v) is 8.33. The van der Waals surface area contributed by atoms with Crippen LogP contribution in [0.1, 0.15) is 26.3 Å². The van der Waals surface area contributed by atoms with Crippen LogP contribution in [0.5, 0.6) is 5.75 Å². The van der Waals surface area contributed by atoms with Crippen molar-refractivity contribution >= 4 is 17.6 Å². The van der Waals surface area contributed by atoms with Crippen molar-refractivity contribution < 1.29 is 27.8 Å². The molecule has 1 N–H and O–H groups in total. The van der Waals surface area contributed by atoms with E-state index in [4.69, 9.17) is 4.74 Å². The molecule has 0 bridgehead atoms. The molecule has 144 valence electrons. The molecule has 0 aliphatic carbocycles. The van der Waals surface area contributed by atoms with Gasteiger partial charge in [-0.2, -0.15) is 8.78 Å². The van der Waals surface area contributed by atoms with E-state index in [0.717, 1.165) is 5.56 Å². The maximum absolute atomic E-state index is 12.5. The Kier molecular flexibility index (Phi) is 6.50. The van der Waals surface area contributed by atoms with E-state index >= 15 is 0 Å². The molecular weight excluding hydrogens is 356 g/mol. The molecule has 0 saturated heterocycles. The van der Waals surface area contributed by atoms with E-state index in [2.05, 4.69) is 10.1 Å². The topological polar surface area (TPSA) is 64.6 Å². The van der Waals surface area contributed by atoms with Crippen LogP contribution in [0.25, 0.3) is 0 Å². The number of carbonyl (C=O) groups excluding carboxylic acids is 2. The lowest BCUT2D eigenvalue weighted by molar-refractivity contribution is -0.158. The Balaban J connectivity index is 2.05. The molecule has 1 amide bonds. The number of halogens is 2. The van der Waals surface area contributed by atoms with E-state index < -0.39 is 30.0 Å². The molecule has 0 aliphatic rings. The van der Waals surface area contributed by atoms with Crippen LogP contribution in [0.4, 0.5) is 14.5 Å². The molecule has 0 aliphatic heterocycles. The molecule has 1 atom stereocenters. The molecule has 0 heterocycles. The smallest absolute Gasteiger partial charge is 0.387 e. The van der Waals surface area contributed by atoms with Crippen LogP contribution >= 0.6 is 0 Å². The highest BCUT2D eigenvalue weighted by molar-refractivity contribution is 5.97. The van der Waals surface area contributed by atoms with Crippen molar-refractivity contribution in [3.05, 3.63) is 60.2 Å². The number of anilines is 1. The van der Waals surface area contributed by atoms with Gasteiger partial charge in [-0.1, -0.05) is 42.5 Å². The monoisotopic (exact) mass is 377 g/mol. The molecule has 0 aromatic heterocycles. The highest BCUT2D eigenvalue weighted by Gasteiger charge is 2.33. The zero-order chi connectivity index (χ0) is 20.0. The minimum Gasteiger partial charge on any atom is -0.452 e. The SMILES string of the molecule is C[C@@H](OC(=O)C(C)(C)c1ccccc1)C(=O)Nc1ccccc1OC(F)F. The summed E-state index contributed by atoms with van der Waals surface area (Å²) >= 11 is 0. The van der Waals surface area contributed by atoms with Crippen LogP contribution in [-0.2, 0) is 19.7 Å². The maximum Gasteiger partial charge on any atom is 0.387 e. The Morgan fingerprint density at radius 2 is 1.59 bits per heavy atom. The number of benzene rings is 2. The average Bonchev–Trinajstić information content (AvgIpc) is 2.63. The highest BCUT2D eigenvalue weighted by atomic mass is 19.3. The van der Waals surface area contributed by atoms with Gasteiger partial charge >= 0.3 is 12.6 Å². The lowest BCUT2D eigenvalue weighted by Gasteiger charge is -2.25. The summed E-state index contributed by atoms with van der Waals surface area (Å²) in [7, 11) is 0. The van der Waals surface area contributed by atoms with Crippen molar-refractivity contribution in [2.75, 3.05) is 5.32 Å². The van der Waals surface area contributed by atoms with Crippen LogP contribution in [0.2, 0.25) is 0 Å². The number of ether oxygens (including phenoxy) is 2. The summed E-state index contributed by atoms with van der Waals surface area (Å²) in [6.45, 7) is 1.78. The van der Waals surface area contributed by atoms with Gasteiger partial charge < -0.3 is 14.8 Å². The van der Waals surface area contributed by atoms with Crippen LogP contribution in [-0.4, -0.2) is 24.6 Å². The Hall–Kier alpha value is -2.96. The fourth-order valence-electron chi connectivity index (χ4n) is 2.34. The minimum absolute atomic E-state index is 0.0630. The van der Waals surface area contributed by atoms with Crippen LogP contribution in [0, 0.1) is 0 Å². The molecule has 2 aromatic rings. The highest BCUT2D eigenvalue weighted by Crippen LogP contribution is 2.27. The first kappa shape index (κ1) is 20.4. The maximum atomic E-state index is 12.5. The Labute approximate surface area is 156 Å². The van der Waals surface area contributed by atoms with Crippen molar-refractivity contribution in [3.8, 4) is 5.75 Å². The van der Waals surface area contributed by atoms with Gasteiger partial charge in [-0.25, -0.2) is 0 Å². The van der Waals surface area contributed by atoms with Gasteiger partial charge in [0.25, 0.3) is 5.91 Å². The molecule has 0 fully saturated rings. The number of rotatable bonds is 7. The predicted octanol–water partition coefficient (Wildman–Crippen LogP) is 4.14. The molecule has 2 rings (SSSR count). The molecule has 0 radical (unpaired) electrons. The van der Waals surface area contributed by atoms with Crippen LogP contribution in [0.3, 0.4) is 0 Å². The molecule has 27 heavy (non-hydrogen) atoms. The summed E-state index contributed by atoms with van der Waals surface area (Å²) in [4.78, 5) is 24.8. The third-order valence-electron chi connectivity index (χ3n) is 4.02. The average molecular weight is 377 g/mol. The fourth-order valence-corrected chi connectivity index (χ4v) is 2.34. The zero-order valence-electron chi connectivity index (χ0n) is 15.2. The number of hydrogen-bond acceptors (Lipinski definition) is 4. The Morgan fingerprint density at radius 1 is 1.00 bits per heavy atom. The number of esters is 1. The Morgan fingerprint density at radius 3 is 2.22 bits per heavy atom. The van der Waals surface area contributed by atoms with Gasteiger partial charge in [0.15, 0.2) is 6.10 Å². The van der Waals surface area contributed by atoms with Gasteiger partial charge in [-0.15, -0.1) is 0 Å². The van der Waals surface area contributed by atoms with Gasteiger partial charge in [0.1, 0.15) is 5.75 Å². The summed E-state index contributed by atoms with van der Waals surface area (Å²) in [5.41, 5.74) is -0.140. The van der Waals surface area contributed by atoms with E-state index in [1.807, 2.05) is 6.07 Å². The van der Waals surface area contributed by atoms with Crippen molar-refractivity contribution in [2.24, 2.45) is 0 Å². The molecule has 0 unspecified atom stereocenters. The lowest BCUT2D eigenvalue weighted by atomic mass is 9.85. The normalized spacial score (nSPS) is 12.4. The zero-order valence-corrected chi connectivity index (χ0v) is 15.2. The van der Waals surface area contributed by atoms with Gasteiger partial charge in [-0.05, 0) is 38.5 Å². The van der Waals surface area contributed by atoms with Crippen LogP contribution in [0.15, 0.2) is 54.6 Å². The number of amides is 1. The molecular formula is C20H21F2NO4. The second-order valence-electron chi connectivity index (χ2n) is 6.40. The second-order valence-corrected chi connectivity index (χ2v) is 6.40. The summed E-state index contributed by atoms with van der Waals surface area (Å²) in [6, 6.07) is 14.8. The first-order chi connectivity index (χ1) is 12.7. The largest absolute Gasteiger partial charge is 0.452 e. The minimum atomic E-state index is -3.02. The standard InChI is InChI=1S/C20H21F2NO4/c1-13(26-18(25)20(2,3)14-9-5-4-6-10-14)17(24)23-15-11-7-8-12-16(15)27-19(21)22/h4-13,19H,1-3H3,(H,23,24)/t13-/m1/s1. The van der Waals surface area contributed by atoms with Gasteiger partial charge in [-0.3, -0.25) is 9.59 Å². The number of carbonyl (C=O) groups is 2. The van der Waals surface area contributed by atoms with E-state index in [1.54, 1.807) is 44.2 Å². The summed E-state index contributed by atoms with van der Waals surface area (Å²) in [5.74, 6) is -1.41. The van der Waals surface area contributed by atoms with E-state index in [-0.39, 0.29) is 11.4 Å². The van der Waals surface area contributed by atoms with Gasteiger partial charge in [0.05, 0.1) is 11.1 Å². The quantitative estimate of drug-likeness (QED) is 0.737. The second kappa shape index (κ2) is 8.62. The number of hydrogen-bond donors (Lipinski definition) is 1. The van der Waals surface area contributed by atoms with Gasteiger partial charge in [0, 0.05) is 0 Å². The van der Waals surface area contributed by atoms with Crippen molar-refractivity contribution in [1.29, 1.82) is 0 Å². The van der Waals surface area contributed by atoms with E-state index in [1.165, 1.54) is 25.1 Å². The fraction of sp³-hybridized carbons (Fsp3) is 0.300. The summed E-state index contributed by atoms with van der Waals surface area (Å²) in [6.07, 6.45) is -1.12. The summed E-state index contributed by atoms with van der Waals surface area (Å²) in [5, 5.41) is 2.44. The third kappa shape index (κ3) is 5.26. The number of alkyl halides is 2. The molecule has 0 spiro atoms. The van der Waals surface area contributed by atoms with Crippen LogP contribution < -0.4 is 10.1 Å². The lowest BCUT2D eigenvalue weighted by Crippen LogP contribution is -2.37.